The number of nitrogens with zero attached hydrogens (tertiary/aromatic N) is 1. The zero-order valence-corrected chi connectivity index (χ0v) is 14.0. The van der Waals surface area contributed by atoms with E-state index < -0.39 is 0 Å². The molecule has 1 N–H and O–H groups in total. The van der Waals surface area contributed by atoms with Gasteiger partial charge in [-0.3, -0.25) is 4.79 Å². The number of nitrogens with one attached hydrogen (secondary N) is 1. The van der Waals surface area contributed by atoms with Crippen LogP contribution in [-0.2, 0) is 11.2 Å². The highest BCUT2D eigenvalue weighted by atomic mass is 32.1. The quantitative estimate of drug-likeness (QED) is 0.762. The molecule has 0 saturated heterocycles. The molecule has 116 valence electrons. The van der Waals surface area contributed by atoms with Crippen molar-refractivity contribution in [2.24, 2.45) is 0 Å². The van der Waals surface area contributed by atoms with Gasteiger partial charge in [0.25, 0.3) is 0 Å². The number of amides is 1. The normalized spacial score (nSPS) is 10.5. The first-order chi connectivity index (χ1) is 11.1. The van der Waals surface area contributed by atoms with Gasteiger partial charge in [0.05, 0.1) is 12.1 Å². The third-order valence-electron chi connectivity index (χ3n) is 3.51. The Morgan fingerprint density at radius 2 is 1.87 bits per heavy atom. The number of hydrogen-bond donors (Lipinski definition) is 1. The van der Waals surface area contributed by atoms with Crippen LogP contribution in [0.15, 0.2) is 53.9 Å². The summed E-state index contributed by atoms with van der Waals surface area (Å²) in [4.78, 5) is 16.7. The Bertz CT molecular complexity index is 821. The molecule has 0 saturated carbocycles. The maximum atomic E-state index is 12.1. The summed E-state index contributed by atoms with van der Waals surface area (Å²) in [5, 5.41) is 5.74. The van der Waals surface area contributed by atoms with Crippen molar-refractivity contribution in [3.8, 4) is 11.3 Å². The van der Waals surface area contributed by atoms with Gasteiger partial charge in [0.2, 0.25) is 5.91 Å². The molecule has 23 heavy (non-hydrogen) atoms. The maximum Gasteiger partial charge on any atom is 0.231 e. The second kappa shape index (κ2) is 6.75. The molecule has 0 spiro atoms. The SMILES string of the molecule is Cc1ccc(-c2csc(CC(=O)Nc3cccc(C)c3)n2)cc1. The lowest BCUT2D eigenvalue weighted by Gasteiger charge is -2.04. The summed E-state index contributed by atoms with van der Waals surface area (Å²) < 4.78 is 0. The van der Waals surface area contributed by atoms with Crippen LogP contribution < -0.4 is 5.32 Å². The van der Waals surface area contributed by atoms with Crippen molar-refractivity contribution >= 4 is 22.9 Å². The summed E-state index contributed by atoms with van der Waals surface area (Å²) in [6.45, 7) is 4.07. The van der Waals surface area contributed by atoms with Gasteiger partial charge in [-0.05, 0) is 31.5 Å². The second-order valence-corrected chi connectivity index (χ2v) is 6.53. The number of aryl methyl sites for hydroxylation is 2. The summed E-state index contributed by atoms with van der Waals surface area (Å²) in [6.07, 6.45) is 0.296. The monoisotopic (exact) mass is 322 g/mol. The van der Waals surface area contributed by atoms with Crippen LogP contribution in [0, 0.1) is 13.8 Å². The van der Waals surface area contributed by atoms with Crippen LogP contribution in [-0.4, -0.2) is 10.9 Å². The predicted molar refractivity (Wildman–Crippen MR) is 95.8 cm³/mol. The average Bonchev–Trinajstić information content (AvgIpc) is 2.96. The molecule has 1 amide bonds. The maximum absolute atomic E-state index is 12.1. The molecule has 0 unspecified atom stereocenters. The smallest absolute Gasteiger partial charge is 0.231 e. The van der Waals surface area contributed by atoms with E-state index in [1.165, 1.54) is 16.9 Å². The lowest BCUT2D eigenvalue weighted by molar-refractivity contribution is -0.115. The molecule has 0 aliphatic carbocycles. The Morgan fingerprint density at radius 3 is 2.61 bits per heavy atom. The van der Waals surface area contributed by atoms with E-state index in [4.69, 9.17) is 0 Å². The van der Waals surface area contributed by atoms with Gasteiger partial charge in [-0.1, -0.05) is 42.0 Å². The van der Waals surface area contributed by atoms with Crippen molar-refractivity contribution in [3.05, 3.63) is 70.0 Å². The standard InChI is InChI=1S/C19H18N2OS/c1-13-6-8-15(9-7-13)17-12-23-19(21-17)11-18(22)20-16-5-3-4-14(2)10-16/h3-10,12H,11H2,1-2H3,(H,20,22). The fraction of sp³-hybridized carbons (Fsp3) is 0.158. The van der Waals surface area contributed by atoms with E-state index in [0.717, 1.165) is 27.5 Å². The minimum absolute atomic E-state index is 0.0413. The van der Waals surface area contributed by atoms with Gasteiger partial charge in [0.1, 0.15) is 5.01 Å². The van der Waals surface area contributed by atoms with Crippen LogP contribution in [0.25, 0.3) is 11.3 Å². The number of hydrogen-bond acceptors (Lipinski definition) is 3. The minimum atomic E-state index is -0.0413. The van der Waals surface area contributed by atoms with Crippen molar-refractivity contribution in [1.82, 2.24) is 4.98 Å². The Labute approximate surface area is 140 Å². The highest BCUT2D eigenvalue weighted by molar-refractivity contribution is 7.10. The first kappa shape index (κ1) is 15.4. The number of carbonyl (C=O) groups excluding carboxylic acids is 1. The van der Waals surface area contributed by atoms with E-state index in [1.54, 1.807) is 0 Å². The number of aromatic nitrogens is 1. The lowest BCUT2D eigenvalue weighted by atomic mass is 10.1. The molecular formula is C19H18N2OS. The third-order valence-corrected chi connectivity index (χ3v) is 4.36. The molecule has 0 aliphatic heterocycles. The predicted octanol–water partition coefficient (Wildman–Crippen LogP) is 4.61. The van der Waals surface area contributed by atoms with Crippen LogP contribution in [0.2, 0.25) is 0 Å². The van der Waals surface area contributed by atoms with Gasteiger partial charge in [0.15, 0.2) is 0 Å². The molecule has 1 aromatic heterocycles. The third kappa shape index (κ3) is 4.05. The van der Waals surface area contributed by atoms with Crippen LogP contribution in [0.3, 0.4) is 0 Å². The lowest BCUT2D eigenvalue weighted by Crippen LogP contribution is -2.14. The molecule has 0 fully saturated rings. The van der Waals surface area contributed by atoms with Crippen molar-refractivity contribution in [1.29, 1.82) is 0 Å². The largest absolute Gasteiger partial charge is 0.326 e. The fourth-order valence-electron chi connectivity index (χ4n) is 2.31. The van der Waals surface area contributed by atoms with Crippen LogP contribution >= 0.6 is 11.3 Å². The second-order valence-electron chi connectivity index (χ2n) is 5.59. The van der Waals surface area contributed by atoms with Crippen molar-refractivity contribution in [2.75, 3.05) is 5.32 Å². The highest BCUT2D eigenvalue weighted by Gasteiger charge is 2.09. The molecule has 2 aromatic carbocycles. The van der Waals surface area contributed by atoms with Crippen LogP contribution in [0.4, 0.5) is 5.69 Å². The summed E-state index contributed by atoms with van der Waals surface area (Å²) >= 11 is 1.52. The van der Waals surface area contributed by atoms with Gasteiger partial charge in [-0.15, -0.1) is 11.3 Å². The Balaban J connectivity index is 1.66. The van der Waals surface area contributed by atoms with Crippen molar-refractivity contribution < 1.29 is 4.79 Å². The summed E-state index contributed by atoms with van der Waals surface area (Å²) in [5.41, 5.74) is 5.18. The van der Waals surface area contributed by atoms with E-state index in [-0.39, 0.29) is 5.91 Å². The first-order valence-corrected chi connectivity index (χ1v) is 8.36. The number of anilines is 1. The molecule has 3 aromatic rings. The summed E-state index contributed by atoms with van der Waals surface area (Å²) in [7, 11) is 0. The number of carbonyl (C=O) groups is 1. The number of rotatable bonds is 4. The summed E-state index contributed by atoms with van der Waals surface area (Å²) in [6, 6.07) is 16.0. The molecule has 1 heterocycles. The van der Waals surface area contributed by atoms with Gasteiger partial charge in [0, 0.05) is 16.6 Å². The molecule has 3 nitrogen and oxygen atoms in total. The van der Waals surface area contributed by atoms with Gasteiger partial charge >= 0.3 is 0 Å². The zero-order chi connectivity index (χ0) is 16.2. The molecular weight excluding hydrogens is 304 g/mol. The Morgan fingerprint density at radius 1 is 1.09 bits per heavy atom. The molecule has 0 bridgehead atoms. The Kier molecular flexibility index (Phi) is 4.53. The van der Waals surface area contributed by atoms with Gasteiger partial charge in [-0.2, -0.15) is 0 Å². The molecule has 0 radical (unpaired) electrons. The average molecular weight is 322 g/mol. The van der Waals surface area contributed by atoms with Gasteiger partial charge in [-0.25, -0.2) is 4.98 Å². The molecule has 3 rings (SSSR count). The van der Waals surface area contributed by atoms with Crippen molar-refractivity contribution in [2.45, 2.75) is 20.3 Å². The number of benzene rings is 2. The van der Waals surface area contributed by atoms with Crippen molar-refractivity contribution in [3.63, 3.8) is 0 Å². The van der Waals surface area contributed by atoms with E-state index in [1.807, 2.05) is 36.6 Å². The highest BCUT2D eigenvalue weighted by Crippen LogP contribution is 2.22. The number of thiazole rings is 1. The fourth-order valence-corrected chi connectivity index (χ4v) is 3.12. The molecule has 0 aliphatic rings. The minimum Gasteiger partial charge on any atom is -0.326 e. The molecule has 0 atom stereocenters. The van der Waals surface area contributed by atoms with Crippen LogP contribution in [0.5, 0.6) is 0 Å². The van der Waals surface area contributed by atoms with Gasteiger partial charge < -0.3 is 5.32 Å². The zero-order valence-electron chi connectivity index (χ0n) is 13.2. The summed E-state index contributed by atoms with van der Waals surface area (Å²) in [5.74, 6) is -0.0413. The topological polar surface area (TPSA) is 42.0 Å². The van der Waals surface area contributed by atoms with E-state index in [9.17, 15) is 4.79 Å². The molecule has 4 heteroatoms. The van der Waals surface area contributed by atoms with Crippen LogP contribution in [0.1, 0.15) is 16.1 Å². The first-order valence-electron chi connectivity index (χ1n) is 7.48. The van der Waals surface area contributed by atoms with E-state index in [2.05, 4.69) is 41.5 Å². The van der Waals surface area contributed by atoms with E-state index >= 15 is 0 Å². The van der Waals surface area contributed by atoms with E-state index in [0.29, 0.717) is 6.42 Å². The Hall–Kier alpha value is -2.46.